The van der Waals surface area contributed by atoms with Gasteiger partial charge < -0.3 is 14.1 Å². The standard InChI is InChI=1S/C54H35BN2O/c1-3-15-36(16-4-1)37-17-13-18-38(31-37)40-29-30-46-47-33-41(39-19-14-22-43(32-39)56-49-26-10-7-23-44(49)45-24-8-11-27-50(45)56)35-53-54(47)55(48-25-9-12-28-52(48)58-53)57(51(46)34-40)42-20-5-2-6-21-42/h1-35H. The molecule has 0 spiro atoms. The topological polar surface area (TPSA) is 17.4 Å². The molecule has 9 aromatic carbocycles. The van der Waals surface area contributed by atoms with E-state index in [-0.39, 0.29) is 6.85 Å². The van der Waals surface area contributed by atoms with Gasteiger partial charge in [-0.05, 0) is 111 Å². The molecule has 0 atom stereocenters. The summed E-state index contributed by atoms with van der Waals surface area (Å²) in [5.41, 5.74) is 17.6. The van der Waals surface area contributed by atoms with Gasteiger partial charge in [-0.2, -0.15) is 0 Å². The number of fused-ring (bicyclic) bond motifs is 7. The van der Waals surface area contributed by atoms with Crippen LogP contribution in [0.15, 0.2) is 212 Å². The molecule has 0 saturated heterocycles. The van der Waals surface area contributed by atoms with Gasteiger partial charge in [0.1, 0.15) is 11.5 Å². The molecule has 1 aromatic heterocycles. The smallest absolute Gasteiger partial charge is 0.336 e. The second-order valence-electron chi connectivity index (χ2n) is 15.3. The van der Waals surface area contributed by atoms with Crippen molar-refractivity contribution in [2.45, 2.75) is 0 Å². The first-order valence-corrected chi connectivity index (χ1v) is 20.0. The lowest BCUT2D eigenvalue weighted by atomic mass is 9.44. The van der Waals surface area contributed by atoms with Crippen molar-refractivity contribution in [2.24, 2.45) is 0 Å². The van der Waals surface area contributed by atoms with E-state index in [1.807, 2.05) is 0 Å². The summed E-state index contributed by atoms with van der Waals surface area (Å²) in [6.07, 6.45) is 0. The first kappa shape index (κ1) is 32.7. The highest BCUT2D eigenvalue weighted by Gasteiger charge is 2.44. The van der Waals surface area contributed by atoms with Crippen LogP contribution in [0.3, 0.4) is 0 Å². The summed E-state index contributed by atoms with van der Waals surface area (Å²) in [6, 6.07) is 76.9. The Kier molecular flexibility index (Phi) is 7.33. The van der Waals surface area contributed by atoms with Crippen LogP contribution >= 0.6 is 0 Å². The third kappa shape index (κ3) is 5.08. The fourth-order valence-corrected chi connectivity index (χ4v) is 9.41. The Morgan fingerprint density at radius 3 is 1.72 bits per heavy atom. The molecular formula is C54H35BN2O. The van der Waals surface area contributed by atoms with Crippen LogP contribution < -0.4 is 20.5 Å². The predicted octanol–water partition coefficient (Wildman–Crippen LogP) is 12.8. The van der Waals surface area contributed by atoms with Gasteiger partial charge in [0.05, 0.1) is 11.0 Å². The van der Waals surface area contributed by atoms with Gasteiger partial charge in [0, 0.05) is 38.9 Å². The maximum atomic E-state index is 6.92. The zero-order valence-electron chi connectivity index (χ0n) is 31.6. The number of nitrogens with zero attached hydrogens (tertiary/aromatic N) is 2. The van der Waals surface area contributed by atoms with Crippen LogP contribution in [0.1, 0.15) is 0 Å². The summed E-state index contributed by atoms with van der Waals surface area (Å²) in [6.45, 7) is -0.0891. The highest BCUT2D eigenvalue weighted by molar-refractivity contribution is 6.92. The zero-order chi connectivity index (χ0) is 38.2. The van der Waals surface area contributed by atoms with E-state index in [0.717, 1.165) is 39.5 Å². The third-order valence-electron chi connectivity index (χ3n) is 12.0. The number of ether oxygens (including phenoxy) is 1. The average Bonchev–Trinajstić information content (AvgIpc) is 3.64. The van der Waals surface area contributed by atoms with Crippen LogP contribution in [0.25, 0.3) is 72.0 Å². The Morgan fingerprint density at radius 1 is 0.362 bits per heavy atom. The fraction of sp³-hybridized carbons (Fsp3) is 0. The number of rotatable bonds is 5. The van der Waals surface area contributed by atoms with Gasteiger partial charge >= 0.3 is 6.85 Å². The van der Waals surface area contributed by atoms with Crippen LogP contribution in [0, 0.1) is 0 Å². The molecule has 0 bridgehead atoms. The monoisotopic (exact) mass is 738 g/mol. The molecule has 0 unspecified atom stereocenters. The number of hydrogen-bond acceptors (Lipinski definition) is 2. The molecule has 3 heterocycles. The molecular weight excluding hydrogens is 703 g/mol. The van der Waals surface area contributed by atoms with E-state index in [9.17, 15) is 0 Å². The summed E-state index contributed by atoms with van der Waals surface area (Å²) >= 11 is 0. The number of anilines is 2. The van der Waals surface area contributed by atoms with E-state index in [4.69, 9.17) is 4.74 Å². The van der Waals surface area contributed by atoms with Gasteiger partial charge in [0.25, 0.3) is 0 Å². The molecule has 10 aromatic rings. The lowest BCUT2D eigenvalue weighted by Gasteiger charge is -2.42. The van der Waals surface area contributed by atoms with Gasteiger partial charge in [0.15, 0.2) is 0 Å². The fourth-order valence-electron chi connectivity index (χ4n) is 9.41. The van der Waals surface area contributed by atoms with Gasteiger partial charge in [0.2, 0.25) is 0 Å². The second kappa shape index (κ2) is 13.0. The van der Waals surface area contributed by atoms with E-state index < -0.39 is 0 Å². The summed E-state index contributed by atoms with van der Waals surface area (Å²) in [4.78, 5) is 2.52. The van der Waals surface area contributed by atoms with Gasteiger partial charge in [-0.1, -0.05) is 146 Å². The Balaban J connectivity index is 1.07. The van der Waals surface area contributed by atoms with Crippen molar-refractivity contribution in [3.63, 3.8) is 0 Å². The van der Waals surface area contributed by atoms with Crippen LogP contribution in [-0.2, 0) is 0 Å². The highest BCUT2D eigenvalue weighted by Crippen LogP contribution is 2.47. The molecule has 0 N–H and O–H groups in total. The number of hydrogen-bond donors (Lipinski definition) is 0. The molecule has 4 heteroatoms. The molecule has 270 valence electrons. The Morgan fingerprint density at radius 2 is 0.948 bits per heavy atom. The van der Waals surface area contributed by atoms with Crippen LogP contribution in [-0.4, -0.2) is 11.4 Å². The maximum absolute atomic E-state index is 6.92. The molecule has 0 aliphatic carbocycles. The first-order valence-electron chi connectivity index (χ1n) is 20.0. The molecule has 0 saturated carbocycles. The first-order chi connectivity index (χ1) is 28.8. The summed E-state index contributed by atoms with van der Waals surface area (Å²) < 4.78 is 9.31. The van der Waals surface area contributed by atoms with Crippen molar-refractivity contribution in [1.29, 1.82) is 0 Å². The summed E-state index contributed by atoms with van der Waals surface area (Å²) in [5, 5.41) is 2.51. The number of aromatic nitrogens is 1. The molecule has 2 aliphatic heterocycles. The van der Waals surface area contributed by atoms with E-state index >= 15 is 0 Å². The SMILES string of the molecule is c1ccc(-c2cccc(-c3ccc4c(c3)N(c3ccccc3)B3c5ccccc5Oc5cc(-c6cccc(-n7c8ccccc8c8ccccc87)c6)cc-4c53)c2)cc1. The van der Waals surface area contributed by atoms with Crippen molar-refractivity contribution in [3.05, 3.63) is 212 Å². The zero-order valence-corrected chi connectivity index (χ0v) is 31.6. The van der Waals surface area contributed by atoms with Gasteiger partial charge in [-0.15, -0.1) is 0 Å². The van der Waals surface area contributed by atoms with Crippen molar-refractivity contribution in [1.82, 2.24) is 4.57 Å². The van der Waals surface area contributed by atoms with Gasteiger partial charge in [-0.3, -0.25) is 0 Å². The van der Waals surface area contributed by atoms with Gasteiger partial charge in [-0.25, -0.2) is 0 Å². The lowest BCUT2D eigenvalue weighted by molar-refractivity contribution is 0.487. The molecule has 12 rings (SSSR count). The van der Waals surface area contributed by atoms with Crippen LogP contribution in [0.4, 0.5) is 11.4 Å². The van der Waals surface area contributed by atoms with Crippen molar-refractivity contribution in [3.8, 4) is 61.7 Å². The minimum atomic E-state index is -0.0891. The van der Waals surface area contributed by atoms with E-state index in [1.54, 1.807) is 0 Å². The second-order valence-corrected chi connectivity index (χ2v) is 15.3. The number of benzene rings is 9. The van der Waals surface area contributed by atoms with Crippen molar-refractivity contribution >= 4 is 51.0 Å². The maximum Gasteiger partial charge on any atom is 0.336 e. The van der Waals surface area contributed by atoms with E-state index in [1.165, 1.54) is 66.3 Å². The summed E-state index contributed by atoms with van der Waals surface area (Å²) in [7, 11) is 0. The Hall–Kier alpha value is -7.56. The normalized spacial score (nSPS) is 12.6. The molecule has 3 nitrogen and oxygen atoms in total. The molecule has 0 radical (unpaired) electrons. The number of para-hydroxylation sites is 4. The predicted molar refractivity (Wildman–Crippen MR) is 243 cm³/mol. The Labute approximate surface area is 337 Å². The highest BCUT2D eigenvalue weighted by atomic mass is 16.5. The molecule has 58 heavy (non-hydrogen) atoms. The summed E-state index contributed by atoms with van der Waals surface area (Å²) in [5.74, 6) is 1.78. The molecule has 0 amide bonds. The minimum Gasteiger partial charge on any atom is -0.458 e. The quantitative estimate of drug-likeness (QED) is 0.164. The van der Waals surface area contributed by atoms with Crippen molar-refractivity contribution < 1.29 is 4.74 Å². The van der Waals surface area contributed by atoms with Crippen molar-refractivity contribution in [2.75, 3.05) is 4.81 Å². The van der Waals surface area contributed by atoms with E-state index in [0.29, 0.717) is 0 Å². The third-order valence-corrected chi connectivity index (χ3v) is 12.0. The molecule has 2 aliphatic rings. The van der Waals surface area contributed by atoms with E-state index in [2.05, 4.69) is 222 Å². The Bertz CT molecular complexity index is 3170. The minimum absolute atomic E-state index is 0.0891. The van der Waals surface area contributed by atoms with Crippen LogP contribution in [0.2, 0.25) is 0 Å². The van der Waals surface area contributed by atoms with Crippen LogP contribution in [0.5, 0.6) is 11.5 Å². The lowest BCUT2D eigenvalue weighted by Crippen LogP contribution is -2.59. The largest absolute Gasteiger partial charge is 0.458 e. The average molecular weight is 739 g/mol. The molecule has 0 fully saturated rings.